The molecule has 0 aliphatic carbocycles. The highest BCUT2D eigenvalue weighted by molar-refractivity contribution is 7.89. The van der Waals surface area contributed by atoms with Crippen molar-refractivity contribution in [3.05, 3.63) is 24.0 Å². The standard InChI is InChI=1S/C12H19FN2O3S/c1-9(2)15(7-4-8-16)19(17,18)12-10(13)5-3-6-11(12)14/h3,5-6,9,16H,4,7-8,14H2,1-2H3. The maximum Gasteiger partial charge on any atom is 0.248 e. The van der Waals surface area contributed by atoms with Crippen molar-refractivity contribution in [2.45, 2.75) is 31.2 Å². The van der Waals surface area contributed by atoms with Crippen LogP contribution in [0.25, 0.3) is 0 Å². The van der Waals surface area contributed by atoms with Crippen LogP contribution in [0.3, 0.4) is 0 Å². The van der Waals surface area contributed by atoms with Crippen LogP contribution in [0, 0.1) is 5.82 Å². The maximum absolute atomic E-state index is 13.8. The third-order valence-corrected chi connectivity index (χ3v) is 4.84. The average Bonchev–Trinajstić information content (AvgIpc) is 2.27. The van der Waals surface area contributed by atoms with Crippen LogP contribution in [0.2, 0.25) is 0 Å². The molecule has 0 aromatic heterocycles. The first-order valence-electron chi connectivity index (χ1n) is 5.99. The van der Waals surface area contributed by atoms with Crippen LogP contribution in [0.15, 0.2) is 23.1 Å². The van der Waals surface area contributed by atoms with E-state index < -0.39 is 20.7 Å². The van der Waals surface area contributed by atoms with Gasteiger partial charge in [-0.05, 0) is 32.4 Å². The summed E-state index contributed by atoms with van der Waals surface area (Å²) in [5.41, 5.74) is 5.46. The third-order valence-electron chi connectivity index (χ3n) is 2.68. The summed E-state index contributed by atoms with van der Waals surface area (Å²) in [6.45, 7) is 3.35. The molecule has 0 saturated heterocycles. The van der Waals surface area contributed by atoms with Gasteiger partial charge in [-0.2, -0.15) is 4.31 Å². The molecule has 0 fully saturated rings. The molecular formula is C12H19FN2O3S. The molecule has 0 aliphatic rings. The Morgan fingerprint density at radius 3 is 2.53 bits per heavy atom. The third kappa shape index (κ3) is 3.43. The summed E-state index contributed by atoms with van der Waals surface area (Å²) in [6.07, 6.45) is 0.283. The van der Waals surface area contributed by atoms with Gasteiger partial charge in [0, 0.05) is 19.2 Å². The van der Waals surface area contributed by atoms with Gasteiger partial charge in [-0.1, -0.05) is 6.07 Å². The number of aliphatic hydroxyl groups excluding tert-OH is 1. The number of sulfonamides is 1. The fourth-order valence-corrected chi connectivity index (χ4v) is 3.64. The number of nitrogens with zero attached hydrogens (tertiary/aromatic N) is 1. The zero-order valence-electron chi connectivity index (χ0n) is 11.0. The fraction of sp³-hybridized carbons (Fsp3) is 0.500. The summed E-state index contributed by atoms with van der Waals surface area (Å²) in [5.74, 6) is -0.866. The van der Waals surface area contributed by atoms with Crippen molar-refractivity contribution >= 4 is 15.7 Å². The van der Waals surface area contributed by atoms with Crippen molar-refractivity contribution in [2.75, 3.05) is 18.9 Å². The van der Waals surface area contributed by atoms with Crippen molar-refractivity contribution in [3.8, 4) is 0 Å². The fourth-order valence-electron chi connectivity index (χ4n) is 1.80. The van der Waals surface area contributed by atoms with E-state index in [1.54, 1.807) is 13.8 Å². The van der Waals surface area contributed by atoms with Gasteiger partial charge >= 0.3 is 0 Å². The van der Waals surface area contributed by atoms with Gasteiger partial charge in [-0.25, -0.2) is 12.8 Å². The Bertz CT molecular complexity index is 512. The molecule has 0 radical (unpaired) electrons. The number of hydrogen-bond donors (Lipinski definition) is 2. The van der Waals surface area contributed by atoms with E-state index in [1.165, 1.54) is 12.1 Å². The summed E-state index contributed by atoms with van der Waals surface area (Å²) >= 11 is 0. The summed E-state index contributed by atoms with van der Waals surface area (Å²) < 4.78 is 39.8. The largest absolute Gasteiger partial charge is 0.398 e. The number of halogens is 1. The number of aliphatic hydroxyl groups is 1. The lowest BCUT2D eigenvalue weighted by Gasteiger charge is -2.26. The van der Waals surface area contributed by atoms with Crippen LogP contribution in [-0.4, -0.2) is 37.0 Å². The molecule has 0 aliphatic heterocycles. The molecule has 0 bridgehead atoms. The minimum atomic E-state index is -4.01. The zero-order valence-corrected chi connectivity index (χ0v) is 11.8. The maximum atomic E-state index is 13.8. The number of nitrogen functional groups attached to an aromatic ring is 1. The molecule has 7 heteroatoms. The van der Waals surface area contributed by atoms with Gasteiger partial charge in [0.2, 0.25) is 10.0 Å². The second-order valence-corrected chi connectivity index (χ2v) is 6.27. The first kappa shape index (κ1) is 15.9. The van der Waals surface area contributed by atoms with E-state index in [0.717, 1.165) is 10.4 Å². The predicted octanol–water partition coefficient (Wildman–Crippen LogP) is 1.19. The SMILES string of the molecule is CC(C)N(CCCO)S(=O)(=O)c1c(N)cccc1F. The van der Waals surface area contributed by atoms with Gasteiger partial charge in [0.1, 0.15) is 10.7 Å². The molecule has 1 aromatic carbocycles. The summed E-state index contributed by atoms with van der Waals surface area (Å²) in [4.78, 5) is -0.498. The minimum absolute atomic E-state index is 0.115. The van der Waals surface area contributed by atoms with E-state index in [-0.39, 0.29) is 31.3 Å². The van der Waals surface area contributed by atoms with Crippen LogP contribution in [0.1, 0.15) is 20.3 Å². The number of hydrogen-bond acceptors (Lipinski definition) is 4. The van der Waals surface area contributed by atoms with Gasteiger partial charge in [0.25, 0.3) is 0 Å². The number of anilines is 1. The first-order valence-corrected chi connectivity index (χ1v) is 7.43. The van der Waals surface area contributed by atoms with E-state index >= 15 is 0 Å². The van der Waals surface area contributed by atoms with Gasteiger partial charge in [-0.3, -0.25) is 0 Å². The molecule has 1 aromatic rings. The molecule has 19 heavy (non-hydrogen) atoms. The van der Waals surface area contributed by atoms with Crippen LogP contribution in [0.5, 0.6) is 0 Å². The minimum Gasteiger partial charge on any atom is -0.398 e. The van der Waals surface area contributed by atoms with Crippen molar-refractivity contribution < 1.29 is 17.9 Å². The second-order valence-electron chi connectivity index (χ2n) is 4.44. The molecule has 0 saturated carbocycles. The lowest BCUT2D eigenvalue weighted by molar-refractivity contribution is 0.258. The van der Waals surface area contributed by atoms with Crippen LogP contribution < -0.4 is 5.73 Å². The summed E-state index contributed by atoms with van der Waals surface area (Å²) in [6, 6.07) is 3.42. The van der Waals surface area contributed by atoms with E-state index in [1.807, 2.05) is 0 Å². The number of nitrogens with two attached hydrogens (primary N) is 1. The van der Waals surface area contributed by atoms with Crippen LogP contribution in [-0.2, 0) is 10.0 Å². The van der Waals surface area contributed by atoms with E-state index in [0.29, 0.717) is 0 Å². The predicted molar refractivity (Wildman–Crippen MR) is 71.5 cm³/mol. The zero-order chi connectivity index (χ0) is 14.6. The molecule has 0 atom stereocenters. The molecule has 5 nitrogen and oxygen atoms in total. The van der Waals surface area contributed by atoms with Crippen molar-refractivity contribution in [1.82, 2.24) is 4.31 Å². The quantitative estimate of drug-likeness (QED) is 0.771. The molecule has 0 unspecified atom stereocenters. The molecular weight excluding hydrogens is 271 g/mol. The van der Waals surface area contributed by atoms with E-state index in [9.17, 15) is 12.8 Å². The smallest absolute Gasteiger partial charge is 0.248 e. The monoisotopic (exact) mass is 290 g/mol. The molecule has 0 spiro atoms. The topological polar surface area (TPSA) is 83.6 Å². The lowest BCUT2D eigenvalue weighted by Crippen LogP contribution is -2.38. The van der Waals surface area contributed by atoms with Crippen LogP contribution >= 0.6 is 0 Å². The Morgan fingerprint density at radius 2 is 2.05 bits per heavy atom. The van der Waals surface area contributed by atoms with E-state index in [2.05, 4.69) is 0 Å². The Balaban J connectivity index is 3.27. The number of rotatable bonds is 6. The lowest BCUT2D eigenvalue weighted by atomic mass is 10.3. The summed E-state index contributed by atoms with van der Waals surface area (Å²) in [5, 5.41) is 8.82. The molecule has 1 rings (SSSR count). The second kappa shape index (κ2) is 6.31. The summed E-state index contributed by atoms with van der Waals surface area (Å²) in [7, 11) is -4.01. The number of benzene rings is 1. The van der Waals surface area contributed by atoms with Gasteiger partial charge in [0.15, 0.2) is 0 Å². The molecule has 3 N–H and O–H groups in total. The first-order chi connectivity index (χ1) is 8.82. The van der Waals surface area contributed by atoms with E-state index in [4.69, 9.17) is 10.8 Å². The molecule has 0 heterocycles. The highest BCUT2D eigenvalue weighted by atomic mass is 32.2. The van der Waals surface area contributed by atoms with Crippen LogP contribution in [0.4, 0.5) is 10.1 Å². The van der Waals surface area contributed by atoms with Crippen molar-refractivity contribution in [3.63, 3.8) is 0 Å². The molecule has 0 amide bonds. The average molecular weight is 290 g/mol. The Kier molecular flexibility index (Phi) is 5.28. The Morgan fingerprint density at radius 1 is 1.42 bits per heavy atom. The highest BCUT2D eigenvalue weighted by Gasteiger charge is 2.31. The normalized spacial score (nSPS) is 12.3. The van der Waals surface area contributed by atoms with Gasteiger partial charge < -0.3 is 10.8 Å². The Hall–Kier alpha value is -1.18. The van der Waals surface area contributed by atoms with Crippen molar-refractivity contribution in [1.29, 1.82) is 0 Å². The highest BCUT2D eigenvalue weighted by Crippen LogP contribution is 2.26. The Labute approximate surface area is 112 Å². The van der Waals surface area contributed by atoms with Gasteiger partial charge in [0.05, 0.1) is 5.69 Å². The molecule has 108 valence electrons. The van der Waals surface area contributed by atoms with Gasteiger partial charge in [-0.15, -0.1) is 0 Å². The van der Waals surface area contributed by atoms with Crippen molar-refractivity contribution in [2.24, 2.45) is 0 Å².